The first-order valence-corrected chi connectivity index (χ1v) is 7.46. The molecule has 1 aromatic heterocycles. The zero-order valence-corrected chi connectivity index (χ0v) is 13.4. The van der Waals surface area contributed by atoms with Gasteiger partial charge in [-0.1, -0.05) is 11.3 Å². The van der Waals surface area contributed by atoms with Crippen molar-refractivity contribution in [3.63, 3.8) is 0 Å². The number of ether oxygens (including phenoxy) is 1. The zero-order chi connectivity index (χ0) is 15.9. The van der Waals surface area contributed by atoms with Gasteiger partial charge in [0.25, 0.3) is 0 Å². The predicted octanol–water partition coefficient (Wildman–Crippen LogP) is 2.96. The van der Waals surface area contributed by atoms with E-state index in [2.05, 4.69) is 36.0 Å². The monoisotopic (exact) mass is 304 g/mol. The van der Waals surface area contributed by atoms with Crippen LogP contribution in [0.2, 0.25) is 0 Å². The summed E-state index contributed by atoms with van der Waals surface area (Å²) in [5.74, 6) is -0.00291. The maximum atomic E-state index is 13.9. The van der Waals surface area contributed by atoms with E-state index in [4.69, 9.17) is 4.74 Å². The van der Waals surface area contributed by atoms with Crippen molar-refractivity contribution in [3.05, 3.63) is 35.9 Å². The molecule has 1 aliphatic heterocycles. The van der Waals surface area contributed by atoms with E-state index in [1.165, 1.54) is 6.07 Å². The van der Waals surface area contributed by atoms with E-state index in [0.29, 0.717) is 18.8 Å². The molecule has 0 N–H and O–H groups in total. The topological polar surface area (TPSA) is 43.2 Å². The van der Waals surface area contributed by atoms with Crippen LogP contribution in [0.15, 0.2) is 24.4 Å². The molecule has 2 aromatic rings. The van der Waals surface area contributed by atoms with Gasteiger partial charge in [-0.3, -0.25) is 0 Å². The number of nitrogens with zero attached hydrogens (tertiary/aromatic N) is 4. The van der Waals surface area contributed by atoms with Gasteiger partial charge in [-0.25, -0.2) is 9.07 Å². The Balaban J connectivity index is 1.87. The van der Waals surface area contributed by atoms with Crippen LogP contribution in [0.1, 0.15) is 33.4 Å². The summed E-state index contributed by atoms with van der Waals surface area (Å²) in [6.45, 7) is 9.44. The highest BCUT2D eigenvalue weighted by Crippen LogP contribution is 2.36. The highest BCUT2D eigenvalue weighted by molar-refractivity contribution is 5.60. The van der Waals surface area contributed by atoms with Crippen molar-refractivity contribution in [1.82, 2.24) is 15.0 Å². The van der Waals surface area contributed by atoms with Gasteiger partial charge in [0.1, 0.15) is 11.8 Å². The minimum atomic E-state index is -0.326. The predicted molar refractivity (Wildman–Crippen MR) is 82.6 cm³/mol. The van der Waals surface area contributed by atoms with Crippen molar-refractivity contribution in [2.75, 3.05) is 11.4 Å². The lowest BCUT2D eigenvalue weighted by molar-refractivity contribution is 0.202. The number of hydrogen-bond donors (Lipinski definition) is 0. The largest absolute Gasteiger partial charge is 0.484 e. The van der Waals surface area contributed by atoms with Gasteiger partial charge in [0.2, 0.25) is 0 Å². The molecule has 0 amide bonds. The van der Waals surface area contributed by atoms with E-state index in [1.54, 1.807) is 6.07 Å². The third-order valence-corrected chi connectivity index (χ3v) is 3.66. The molecule has 0 bridgehead atoms. The van der Waals surface area contributed by atoms with E-state index >= 15 is 0 Å². The Morgan fingerprint density at radius 1 is 1.36 bits per heavy atom. The standard InChI is InChI=1S/C16H21FN4O/c1-11-8-20(14-7-5-6-13(17)15(14)22-11)9-12-10-21(19-18-12)16(2,3)4/h5-7,10-11H,8-9H2,1-4H3. The lowest BCUT2D eigenvalue weighted by atomic mass is 10.1. The number of benzene rings is 1. The van der Waals surface area contributed by atoms with Crippen molar-refractivity contribution in [3.8, 4) is 5.75 Å². The van der Waals surface area contributed by atoms with Gasteiger partial charge >= 0.3 is 0 Å². The van der Waals surface area contributed by atoms with Crippen LogP contribution in [0.3, 0.4) is 0 Å². The molecule has 1 atom stereocenters. The number of hydrogen-bond acceptors (Lipinski definition) is 4. The quantitative estimate of drug-likeness (QED) is 0.855. The van der Waals surface area contributed by atoms with Crippen LogP contribution in [-0.2, 0) is 12.1 Å². The van der Waals surface area contributed by atoms with Crippen molar-refractivity contribution < 1.29 is 9.13 Å². The summed E-state index contributed by atoms with van der Waals surface area (Å²) >= 11 is 0. The maximum absolute atomic E-state index is 13.9. The Morgan fingerprint density at radius 3 is 2.82 bits per heavy atom. The normalized spacial score (nSPS) is 18.0. The fourth-order valence-electron chi connectivity index (χ4n) is 2.55. The molecule has 6 heteroatoms. The Bertz CT molecular complexity index is 677. The van der Waals surface area contributed by atoms with E-state index in [-0.39, 0.29) is 17.5 Å². The first-order chi connectivity index (χ1) is 10.3. The lowest BCUT2D eigenvalue weighted by Crippen LogP contribution is -2.38. The smallest absolute Gasteiger partial charge is 0.178 e. The number of aromatic nitrogens is 3. The number of para-hydroxylation sites is 1. The summed E-state index contributed by atoms with van der Waals surface area (Å²) in [5.41, 5.74) is 1.52. The molecule has 0 saturated heterocycles. The van der Waals surface area contributed by atoms with Crippen LogP contribution in [0.25, 0.3) is 0 Å². The first-order valence-electron chi connectivity index (χ1n) is 7.46. The van der Waals surface area contributed by atoms with Crippen LogP contribution in [0.4, 0.5) is 10.1 Å². The molecule has 3 rings (SSSR count). The van der Waals surface area contributed by atoms with Gasteiger partial charge in [-0.15, -0.1) is 5.10 Å². The summed E-state index contributed by atoms with van der Waals surface area (Å²) in [6, 6.07) is 5.00. The van der Waals surface area contributed by atoms with Crippen LogP contribution in [0.5, 0.6) is 5.75 Å². The molecule has 5 nitrogen and oxygen atoms in total. The van der Waals surface area contributed by atoms with Crippen molar-refractivity contribution in [2.45, 2.75) is 45.9 Å². The first kappa shape index (κ1) is 14.8. The van der Waals surface area contributed by atoms with E-state index in [0.717, 1.165) is 11.4 Å². The SMILES string of the molecule is CC1CN(Cc2cn(C(C)(C)C)nn2)c2cccc(F)c2O1. The number of fused-ring (bicyclic) bond motifs is 1. The molecule has 1 unspecified atom stereocenters. The zero-order valence-electron chi connectivity index (χ0n) is 13.4. The molecule has 0 radical (unpaired) electrons. The third kappa shape index (κ3) is 2.77. The third-order valence-electron chi connectivity index (χ3n) is 3.66. The minimum Gasteiger partial charge on any atom is -0.484 e. The molecule has 2 heterocycles. The van der Waals surface area contributed by atoms with E-state index in [1.807, 2.05) is 23.9 Å². The summed E-state index contributed by atoms with van der Waals surface area (Å²) < 4.78 is 21.4. The molecular weight excluding hydrogens is 283 g/mol. The second-order valence-corrected chi connectivity index (χ2v) is 6.72. The molecule has 0 fully saturated rings. The van der Waals surface area contributed by atoms with Crippen LogP contribution >= 0.6 is 0 Å². The van der Waals surface area contributed by atoms with Gasteiger partial charge < -0.3 is 9.64 Å². The Morgan fingerprint density at radius 2 is 2.14 bits per heavy atom. The number of anilines is 1. The Labute approximate surface area is 129 Å². The summed E-state index contributed by atoms with van der Waals surface area (Å²) in [4.78, 5) is 2.09. The van der Waals surface area contributed by atoms with Gasteiger partial charge in [0, 0.05) is 0 Å². The van der Waals surface area contributed by atoms with Crippen LogP contribution in [-0.4, -0.2) is 27.6 Å². The molecule has 22 heavy (non-hydrogen) atoms. The summed E-state index contributed by atoms with van der Waals surface area (Å²) in [5, 5.41) is 8.41. The second kappa shape index (κ2) is 5.26. The van der Waals surface area contributed by atoms with Crippen LogP contribution < -0.4 is 9.64 Å². The summed E-state index contributed by atoms with van der Waals surface area (Å²) in [7, 11) is 0. The van der Waals surface area contributed by atoms with Crippen LogP contribution in [0, 0.1) is 5.82 Å². The fraction of sp³-hybridized carbons (Fsp3) is 0.500. The average molecular weight is 304 g/mol. The molecule has 0 aliphatic carbocycles. The average Bonchev–Trinajstić information content (AvgIpc) is 2.88. The second-order valence-electron chi connectivity index (χ2n) is 6.72. The Hall–Kier alpha value is -2.11. The number of rotatable bonds is 2. The van der Waals surface area contributed by atoms with Crippen molar-refractivity contribution >= 4 is 5.69 Å². The highest BCUT2D eigenvalue weighted by atomic mass is 19.1. The van der Waals surface area contributed by atoms with Crippen molar-refractivity contribution in [1.29, 1.82) is 0 Å². The fourth-order valence-corrected chi connectivity index (χ4v) is 2.55. The maximum Gasteiger partial charge on any atom is 0.178 e. The van der Waals surface area contributed by atoms with Crippen molar-refractivity contribution in [2.24, 2.45) is 0 Å². The van der Waals surface area contributed by atoms with Gasteiger partial charge in [0.05, 0.1) is 30.5 Å². The van der Waals surface area contributed by atoms with Gasteiger partial charge in [0.15, 0.2) is 11.6 Å². The minimum absolute atomic E-state index is 0.0675. The molecule has 1 aromatic carbocycles. The van der Waals surface area contributed by atoms with E-state index < -0.39 is 0 Å². The molecule has 0 saturated carbocycles. The van der Waals surface area contributed by atoms with E-state index in [9.17, 15) is 4.39 Å². The molecule has 118 valence electrons. The molecule has 1 aliphatic rings. The van der Waals surface area contributed by atoms with Gasteiger partial charge in [-0.05, 0) is 39.8 Å². The summed E-state index contributed by atoms with van der Waals surface area (Å²) in [6.07, 6.45) is 1.88. The number of halogens is 1. The Kier molecular flexibility index (Phi) is 3.54. The molecule has 0 spiro atoms. The molecular formula is C16H21FN4O. The lowest BCUT2D eigenvalue weighted by Gasteiger charge is -2.34. The van der Waals surface area contributed by atoms with Gasteiger partial charge in [-0.2, -0.15) is 0 Å². The highest BCUT2D eigenvalue weighted by Gasteiger charge is 2.26.